The molecule has 1 N–H and O–H groups in total. The first kappa shape index (κ1) is 23.8. The van der Waals surface area contributed by atoms with Crippen LogP contribution in [0.1, 0.15) is 25.0 Å². The van der Waals surface area contributed by atoms with E-state index in [1.165, 1.54) is 6.08 Å². The Balaban J connectivity index is 1.36. The number of hydrogen-bond acceptors (Lipinski definition) is 4. The Labute approximate surface area is 205 Å². The van der Waals surface area contributed by atoms with Gasteiger partial charge in [-0.2, -0.15) is 0 Å². The molecule has 6 heteroatoms. The predicted molar refractivity (Wildman–Crippen MR) is 139 cm³/mol. The van der Waals surface area contributed by atoms with Crippen molar-refractivity contribution in [2.75, 3.05) is 16.8 Å². The topological polar surface area (TPSA) is 67.9 Å². The van der Waals surface area contributed by atoms with E-state index >= 15 is 0 Å². The maximum Gasteiger partial charge on any atom is 0.268 e. The van der Waals surface area contributed by atoms with Crippen LogP contribution in [0.5, 0.6) is 11.5 Å². The van der Waals surface area contributed by atoms with Gasteiger partial charge in [0.25, 0.3) is 5.91 Å². The van der Waals surface area contributed by atoms with Crippen molar-refractivity contribution in [3.8, 4) is 11.5 Å². The van der Waals surface area contributed by atoms with Gasteiger partial charge in [-0.3, -0.25) is 9.59 Å². The average Bonchev–Trinajstić information content (AvgIpc) is 2.85. The van der Waals surface area contributed by atoms with E-state index in [2.05, 4.69) is 11.9 Å². The summed E-state index contributed by atoms with van der Waals surface area (Å²) in [7, 11) is 0. The summed E-state index contributed by atoms with van der Waals surface area (Å²) < 4.78 is 11.6. The molecule has 0 radical (unpaired) electrons. The second kappa shape index (κ2) is 10.7. The van der Waals surface area contributed by atoms with Crippen LogP contribution in [0.25, 0.3) is 6.08 Å². The van der Waals surface area contributed by atoms with Crippen molar-refractivity contribution in [1.82, 2.24) is 0 Å². The predicted octanol–water partition coefficient (Wildman–Crippen LogP) is 5.61. The zero-order valence-electron chi connectivity index (χ0n) is 19.9. The van der Waals surface area contributed by atoms with Crippen molar-refractivity contribution in [3.63, 3.8) is 0 Å². The van der Waals surface area contributed by atoms with Gasteiger partial charge in [0.15, 0.2) is 6.10 Å². The van der Waals surface area contributed by atoms with Crippen molar-refractivity contribution in [1.29, 1.82) is 0 Å². The molecule has 3 aromatic rings. The number of nitrogens with one attached hydrogen (secondary N) is 1. The highest BCUT2D eigenvalue weighted by Gasteiger charge is 2.31. The molecule has 0 aliphatic carbocycles. The van der Waals surface area contributed by atoms with Crippen LogP contribution in [0.2, 0.25) is 0 Å². The number of ether oxygens (including phenoxy) is 2. The first-order valence-corrected chi connectivity index (χ1v) is 11.4. The Hall–Kier alpha value is -4.32. The third kappa shape index (κ3) is 6.18. The number of rotatable bonds is 8. The first-order chi connectivity index (χ1) is 16.9. The van der Waals surface area contributed by atoms with E-state index in [-0.39, 0.29) is 11.8 Å². The zero-order chi connectivity index (χ0) is 24.8. The van der Waals surface area contributed by atoms with Crippen LogP contribution in [-0.4, -0.2) is 24.5 Å². The molecule has 1 atom stereocenters. The van der Waals surface area contributed by atoms with Crippen molar-refractivity contribution < 1.29 is 19.1 Å². The monoisotopic (exact) mass is 468 g/mol. The van der Waals surface area contributed by atoms with Gasteiger partial charge in [-0.25, -0.2) is 0 Å². The first-order valence-electron chi connectivity index (χ1n) is 11.4. The maximum atomic E-state index is 12.5. The SMILES string of the molecule is C=C(C)CN1C(=O)C(C)Oc2cc(NC(=O)/C=C/c3ccc(OCc4ccccc4)cc3)ccc21. The average molecular weight is 469 g/mol. The van der Waals surface area contributed by atoms with E-state index < -0.39 is 6.10 Å². The second-order valence-electron chi connectivity index (χ2n) is 8.49. The number of carbonyl (C=O) groups excluding carboxylic acids is 2. The molecule has 0 saturated carbocycles. The summed E-state index contributed by atoms with van der Waals surface area (Å²) in [4.78, 5) is 26.6. The lowest BCUT2D eigenvalue weighted by Crippen LogP contribution is -2.45. The van der Waals surface area contributed by atoms with Crippen molar-refractivity contribution in [2.45, 2.75) is 26.6 Å². The van der Waals surface area contributed by atoms with Crippen molar-refractivity contribution in [2.24, 2.45) is 0 Å². The summed E-state index contributed by atoms with van der Waals surface area (Å²) in [5.41, 5.74) is 4.10. The molecular formula is C29H28N2O4. The second-order valence-corrected chi connectivity index (χ2v) is 8.49. The van der Waals surface area contributed by atoms with Gasteiger partial charge in [0.2, 0.25) is 5.91 Å². The molecule has 178 valence electrons. The molecule has 1 aliphatic rings. The van der Waals surface area contributed by atoms with Crippen LogP contribution in [0.4, 0.5) is 11.4 Å². The smallest absolute Gasteiger partial charge is 0.268 e. The molecule has 2 amide bonds. The van der Waals surface area contributed by atoms with Gasteiger partial charge in [0, 0.05) is 24.4 Å². The standard InChI is InChI=1S/C29H28N2O4/c1-20(2)18-31-26-15-12-24(17-27(26)35-21(3)29(31)33)30-28(32)16-11-22-9-13-25(14-10-22)34-19-23-7-5-4-6-8-23/h4-17,21H,1,18-19H2,2-3H3,(H,30,32)/b16-11+. The van der Waals surface area contributed by atoms with E-state index in [9.17, 15) is 9.59 Å². The molecule has 1 aliphatic heterocycles. The fourth-order valence-electron chi connectivity index (χ4n) is 3.69. The third-order valence-corrected chi connectivity index (χ3v) is 5.42. The highest BCUT2D eigenvalue weighted by molar-refractivity contribution is 6.03. The van der Waals surface area contributed by atoms with Crippen LogP contribution in [0, 0.1) is 0 Å². The summed E-state index contributed by atoms with van der Waals surface area (Å²) in [5.74, 6) is 0.925. The normalized spacial score (nSPS) is 14.9. The van der Waals surface area contributed by atoms with Crippen LogP contribution in [-0.2, 0) is 16.2 Å². The van der Waals surface area contributed by atoms with Gasteiger partial charge < -0.3 is 19.7 Å². The Morgan fingerprint density at radius 2 is 1.86 bits per heavy atom. The highest BCUT2D eigenvalue weighted by Crippen LogP contribution is 2.36. The van der Waals surface area contributed by atoms with E-state index in [1.54, 1.807) is 36.1 Å². The number of nitrogens with zero attached hydrogens (tertiary/aromatic N) is 1. The molecule has 3 aromatic carbocycles. The minimum Gasteiger partial charge on any atom is -0.489 e. The lowest BCUT2D eigenvalue weighted by Gasteiger charge is -2.33. The van der Waals surface area contributed by atoms with Gasteiger partial charge in [0.1, 0.15) is 18.1 Å². The maximum absolute atomic E-state index is 12.5. The zero-order valence-corrected chi connectivity index (χ0v) is 19.9. The largest absolute Gasteiger partial charge is 0.489 e. The molecule has 1 heterocycles. The van der Waals surface area contributed by atoms with Crippen molar-refractivity contribution in [3.05, 3.63) is 102 Å². The summed E-state index contributed by atoms with van der Waals surface area (Å²) in [6.07, 6.45) is 2.60. The van der Waals surface area contributed by atoms with Gasteiger partial charge >= 0.3 is 0 Å². The van der Waals surface area contributed by atoms with E-state index in [0.717, 1.165) is 22.4 Å². The number of anilines is 2. The molecule has 0 saturated heterocycles. The van der Waals surface area contributed by atoms with Gasteiger partial charge in [-0.15, -0.1) is 0 Å². The molecule has 6 nitrogen and oxygen atoms in total. The number of fused-ring (bicyclic) bond motifs is 1. The number of hydrogen-bond donors (Lipinski definition) is 1. The molecule has 0 bridgehead atoms. The minimum absolute atomic E-state index is 0.114. The van der Waals surface area contributed by atoms with E-state index in [1.807, 2.05) is 61.5 Å². The van der Waals surface area contributed by atoms with E-state index in [0.29, 0.717) is 30.3 Å². The number of amides is 2. The van der Waals surface area contributed by atoms with E-state index in [4.69, 9.17) is 9.47 Å². The Morgan fingerprint density at radius 1 is 1.11 bits per heavy atom. The van der Waals surface area contributed by atoms with Crippen LogP contribution in [0.3, 0.4) is 0 Å². The molecule has 0 fully saturated rings. The van der Waals surface area contributed by atoms with Crippen molar-refractivity contribution >= 4 is 29.3 Å². The third-order valence-electron chi connectivity index (χ3n) is 5.42. The summed E-state index contributed by atoms with van der Waals surface area (Å²) in [6, 6.07) is 22.8. The molecule has 35 heavy (non-hydrogen) atoms. The number of carbonyl (C=O) groups is 2. The lowest BCUT2D eigenvalue weighted by atomic mass is 10.1. The molecule has 1 unspecified atom stereocenters. The summed E-state index contributed by atoms with van der Waals surface area (Å²) in [6.45, 7) is 8.41. The summed E-state index contributed by atoms with van der Waals surface area (Å²) >= 11 is 0. The quantitative estimate of drug-likeness (QED) is 0.345. The number of benzene rings is 3. The molecule has 0 aromatic heterocycles. The highest BCUT2D eigenvalue weighted by atomic mass is 16.5. The fraction of sp³-hybridized carbons (Fsp3) is 0.172. The summed E-state index contributed by atoms with van der Waals surface area (Å²) in [5, 5.41) is 2.84. The molecule has 0 spiro atoms. The minimum atomic E-state index is -0.604. The Kier molecular flexibility index (Phi) is 7.31. The van der Waals surface area contributed by atoms with Crippen LogP contribution >= 0.6 is 0 Å². The van der Waals surface area contributed by atoms with Crippen LogP contribution < -0.4 is 19.7 Å². The van der Waals surface area contributed by atoms with Gasteiger partial charge in [-0.05, 0) is 55.3 Å². The fourth-order valence-corrected chi connectivity index (χ4v) is 3.69. The van der Waals surface area contributed by atoms with Gasteiger partial charge in [0.05, 0.1) is 5.69 Å². The Bertz CT molecular complexity index is 1250. The lowest BCUT2D eigenvalue weighted by molar-refractivity contribution is -0.125. The molecular weight excluding hydrogens is 440 g/mol. The van der Waals surface area contributed by atoms with Gasteiger partial charge in [-0.1, -0.05) is 54.6 Å². The van der Waals surface area contributed by atoms with Crippen LogP contribution in [0.15, 0.2) is 91.0 Å². The Morgan fingerprint density at radius 3 is 2.57 bits per heavy atom. The molecule has 4 rings (SSSR count).